The summed E-state index contributed by atoms with van der Waals surface area (Å²) in [7, 11) is 0. The maximum absolute atomic E-state index is 4.40. The zero-order valence-corrected chi connectivity index (χ0v) is 10.00. The first-order valence-electron chi connectivity index (χ1n) is 5.56. The van der Waals surface area contributed by atoms with Crippen LogP contribution in [0.25, 0.3) is 10.9 Å². The van der Waals surface area contributed by atoms with E-state index in [1.807, 2.05) is 24.0 Å². The minimum absolute atomic E-state index is 0.419. The molecule has 1 fully saturated rings. The standard InChI is InChI=1S/C13H14N2S/c1-9-8-16-13(15-9)11-6-7-14-12-5-3-2-4-10(11)12/h2-7,9,13,15H,8H2,1H3. The number of nitrogens with zero attached hydrogens (tertiary/aromatic N) is 1. The summed E-state index contributed by atoms with van der Waals surface area (Å²) in [6, 6.07) is 11.1. The molecule has 2 heterocycles. The van der Waals surface area contributed by atoms with Crippen molar-refractivity contribution in [3.05, 3.63) is 42.1 Å². The molecule has 16 heavy (non-hydrogen) atoms. The van der Waals surface area contributed by atoms with Crippen molar-refractivity contribution in [2.45, 2.75) is 18.3 Å². The summed E-state index contributed by atoms with van der Waals surface area (Å²) >= 11 is 1.98. The van der Waals surface area contributed by atoms with Crippen LogP contribution in [0.3, 0.4) is 0 Å². The second-order valence-corrected chi connectivity index (χ2v) is 5.34. The maximum Gasteiger partial charge on any atom is 0.0799 e. The Bertz CT molecular complexity index is 507. The number of rotatable bonds is 1. The van der Waals surface area contributed by atoms with Gasteiger partial charge in [-0.2, -0.15) is 0 Å². The lowest BCUT2D eigenvalue weighted by molar-refractivity contribution is 0.620. The minimum Gasteiger partial charge on any atom is -0.298 e. The number of para-hydroxylation sites is 1. The zero-order valence-electron chi connectivity index (χ0n) is 9.18. The average molecular weight is 230 g/mol. The molecule has 2 unspecified atom stereocenters. The Hall–Kier alpha value is -1.06. The zero-order chi connectivity index (χ0) is 11.0. The number of benzene rings is 1. The first-order valence-corrected chi connectivity index (χ1v) is 6.61. The number of fused-ring (bicyclic) bond motifs is 1. The van der Waals surface area contributed by atoms with Crippen molar-refractivity contribution in [2.75, 3.05) is 5.75 Å². The van der Waals surface area contributed by atoms with Gasteiger partial charge in [0.2, 0.25) is 0 Å². The SMILES string of the molecule is CC1CSC(c2ccnc3ccccc23)N1. The summed E-state index contributed by atoms with van der Waals surface area (Å²) in [5.41, 5.74) is 2.45. The van der Waals surface area contributed by atoms with Crippen molar-refractivity contribution in [3.8, 4) is 0 Å². The van der Waals surface area contributed by atoms with E-state index in [-0.39, 0.29) is 0 Å². The summed E-state index contributed by atoms with van der Waals surface area (Å²) in [6.07, 6.45) is 1.91. The molecule has 0 radical (unpaired) electrons. The van der Waals surface area contributed by atoms with Crippen molar-refractivity contribution in [1.29, 1.82) is 0 Å². The lowest BCUT2D eigenvalue weighted by Gasteiger charge is -2.13. The van der Waals surface area contributed by atoms with Crippen LogP contribution in [0, 0.1) is 0 Å². The number of hydrogen-bond acceptors (Lipinski definition) is 3. The molecule has 2 atom stereocenters. The molecule has 3 rings (SSSR count). The van der Waals surface area contributed by atoms with Gasteiger partial charge in [0.25, 0.3) is 0 Å². The Labute approximate surface area is 99.5 Å². The van der Waals surface area contributed by atoms with Gasteiger partial charge in [-0.15, -0.1) is 11.8 Å². The van der Waals surface area contributed by atoms with Crippen LogP contribution in [0.2, 0.25) is 0 Å². The monoisotopic (exact) mass is 230 g/mol. The van der Waals surface area contributed by atoms with E-state index in [9.17, 15) is 0 Å². The van der Waals surface area contributed by atoms with E-state index < -0.39 is 0 Å². The third-order valence-electron chi connectivity index (χ3n) is 2.91. The molecule has 0 saturated carbocycles. The van der Waals surface area contributed by atoms with Crippen molar-refractivity contribution >= 4 is 22.7 Å². The van der Waals surface area contributed by atoms with Gasteiger partial charge < -0.3 is 0 Å². The van der Waals surface area contributed by atoms with Crippen LogP contribution in [-0.4, -0.2) is 16.8 Å². The quantitative estimate of drug-likeness (QED) is 0.815. The molecule has 0 aliphatic carbocycles. The molecule has 1 aromatic heterocycles. The molecule has 1 aliphatic rings. The molecule has 1 aromatic carbocycles. The molecular formula is C13H14N2S. The molecule has 82 valence electrons. The fraction of sp³-hybridized carbons (Fsp3) is 0.308. The van der Waals surface area contributed by atoms with Gasteiger partial charge in [-0.3, -0.25) is 10.3 Å². The van der Waals surface area contributed by atoms with Gasteiger partial charge in [0.1, 0.15) is 0 Å². The fourth-order valence-corrected chi connectivity index (χ4v) is 3.41. The van der Waals surface area contributed by atoms with Gasteiger partial charge >= 0.3 is 0 Å². The third kappa shape index (κ3) is 1.70. The van der Waals surface area contributed by atoms with Gasteiger partial charge in [-0.05, 0) is 24.6 Å². The molecule has 2 nitrogen and oxygen atoms in total. The summed E-state index contributed by atoms with van der Waals surface area (Å²) < 4.78 is 0. The Balaban J connectivity index is 2.09. The van der Waals surface area contributed by atoms with Crippen molar-refractivity contribution in [3.63, 3.8) is 0 Å². The lowest BCUT2D eigenvalue weighted by Crippen LogP contribution is -2.22. The van der Waals surface area contributed by atoms with Crippen LogP contribution in [-0.2, 0) is 0 Å². The van der Waals surface area contributed by atoms with Crippen molar-refractivity contribution < 1.29 is 0 Å². The van der Waals surface area contributed by atoms with E-state index in [0.717, 1.165) is 5.52 Å². The van der Waals surface area contributed by atoms with Crippen LogP contribution < -0.4 is 5.32 Å². The summed E-state index contributed by atoms with van der Waals surface area (Å²) in [5.74, 6) is 1.18. The molecule has 1 saturated heterocycles. The summed E-state index contributed by atoms with van der Waals surface area (Å²) in [6.45, 7) is 2.23. The van der Waals surface area contributed by atoms with Gasteiger partial charge in [0.15, 0.2) is 0 Å². The topological polar surface area (TPSA) is 24.9 Å². The highest BCUT2D eigenvalue weighted by molar-refractivity contribution is 7.99. The molecule has 2 aromatic rings. The van der Waals surface area contributed by atoms with Gasteiger partial charge in [0, 0.05) is 23.4 Å². The molecule has 1 N–H and O–H groups in total. The van der Waals surface area contributed by atoms with E-state index in [4.69, 9.17) is 0 Å². The smallest absolute Gasteiger partial charge is 0.0799 e. The summed E-state index contributed by atoms with van der Waals surface area (Å²) in [5, 5.41) is 5.28. The van der Waals surface area contributed by atoms with Gasteiger partial charge in [0.05, 0.1) is 10.9 Å². The minimum atomic E-state index is 0.419. The van der Waals surface area contributed by atoms with Gasteiger partial charge in [-0.25, -0.2) is 0 Å². The van der Waals surface area contributed by atoms with Gasteiger partial charge in [-0.1, -0.05) is 18.2 Å². The normalized spacial score (nSPS) is 25.1. The Morgan fingerprint density at radius 2 is 2.19 bits per heavy atom. The fourth-order valence-electron chi connectivity index (χ4n) is 2.12. The van der Waals surface area contributed by atoms with E-state index in [0.29, 0.717) is 11.4 Å². The van der Waals surface area contributed by atoms with Crippen LogP contribution in [0.5, 0.6) is 0 Å². The Kier molecular flexibility index (Phi) is 2.58. The second kappa shape index (κ2) is 4.07. The number of nitrogens with one attached hydrogen (secondary N) is 1. The van der Waals surface area contributed by atoms with E-state index in [1.165, 1.54) is 16.7 Å². The highest BCUT2D eigenvalue weighted by Crippen LogP contribution is 2.35. The first-order chi connectivity index (χ1) is 7.84. The van der Waals surface area contributed by atoms with Crippen molar-refractivity contribution in [2.24, 2.45) is 0 Å². The Morgan fingerprint density at radius 1 is 1.31 bits per heavy atom. The molecule has 1 aliphatic heterocycles. The number of hydrogen-bond donors (Lipinski definition) is 1. The van der Waals surface area contributed by atoms with E-state index >= 15 is 0 Å². The molecule has 3 heteroatoms. The lowest BCUT2D eigenvalue weighted by atomic mass is 10.1. The molecular weight excluding hydrogens is 216 g/mol. The van der Waals surface area contributed by atoms with E-state index in [2.05, 4.69) is 41.5 Å². The highest BCUT2D eigenvalue weighted by atomic mass is 32.2. The Morgan fingerprint density at radius 3 is 3.00 bits per heavy atom. The van der Waals surface area contributed by atoms with E-state index in [1.54, 1.807) is 0 Å². The number of pyridine rings is 1. The third-order valence-corrected chi connectivity index (χ3v) is 4.33. The molecule has 0 bridgehead atoms. The van der Waals surface area contributed by atoms with Crippen LogP contribution in [0.15, 0.2) is 36.5 Å². The number of thioether (sulfide) groups is 1. The predicted octanol–water partition coefficient (Wildman–Crippen LogP) is 2.96. The van der Waals surface area contributed by atoms with Crippen LogP contribution in [0.4, 0.5) is 0 Å². The van der Waals surface area contributed by atoms with Crippen LogP contribution in [0.1, 0.15) is 17.9 Å². The first kappa shape index (κ1) is 10.1. The predicted molar refractivity (Wildman–Crippen MR) is 69.5 cm³/mol. The highest BCUT2D eigenvalue weighted by Gasteiger charge is 2.23. The average Bonchev–Trinajstić information content (AvgIpc) is 2.75. The number of aromatic nitrogens is 1. The summed E-state index contributed by atoms with van der Waals surface area (Å²) in [4.78, 5) is 4.40. The van der Waals surface area contributed by atoms with Crippen LogP contribution >= 0.6 is 11.8 Å². The molecule has 0 spiro atoms. The molecule has 0 amide bonds. The van der Waals surface area contributed by atoms with Crippen molar-refractivity contribution in [1.82, 2.24) is 10.3 Å². The maximum atomic E-state index is 4.40. The second-order valence-electron chi connectivity index (χ2n) is 4.20. The largest absolute Gasteiger partial charge is 0.298 e.